The van der Waals surface area contributed by atoms with Gasteiger partial charge in [-0.05, 0) is 53.9 Å². The lowest BCUT2D eigenvalue weighted by atomic mass is 10.0. The second kappa shape index (κ2) is 16.9. The molecule has 4 amide bonds. The first-order chi connectivity index (χ1) is 26.5. The summed E-state index contributed by atoms with van der Waals surface area (Å²) in [6.45, 7) is 4.76. The van der Waals surface area contributed by atoms with E-state index in [-0.39, 0.29) is 17.9 Å². The average Bonchev–Trinajstić information content (AvgIpc) is 4.02. The van der Waals surface area contributed by atoms with Crippen LogP contribution < -0.4 is 10.6 Å². The number of aliphatic carboxylic acids is 1. The summed E-state index contributed by atoms with van der Waals surface area (Å²) in [6, 6.07) is 13.5. The lowest BCUT2D eigenvalue weighted by Crippen LogP contribution is -2.51. The van der Waals surface area contributed by atoms with Crippen LogP contribution in [0, 0.1) is 5.92 Å². The van der Waals surface area contributed by atoms with E-state index in [1.807, 2.05) is 62.4 Å². The summed E-state index contributed by atoms with van der Waals surface area (Å²) in [6.07, 6.45) is 4.34. The van der Waals surface area contributed by atoms with Crippen LogP contribution in [0.1, 0.15) is 69.7 Å². The SMILES string of the molecule is COC(=O)NC(CC(=O)O)C(=O)N1CCC[C@H]1c1ncc(-c2ccc(-c3ccc(-c4cnc([C@@H]5CCCN5C(=O)[C@@H](NC(=O)OC)C(C)C)[nH]4)cc3)cc2)[nH]1. The molecule has 0 aliphatic carbocycles. The van der Waals surface area contributed by atoms with Crippen molar-refractivity contribution in [1.82, 2.24) is 40.4 Å². The van der Waals surface area contributed by atoms with Crippen LogP contribution in [0.2, 0.25) is 0 Å². The second-order valence-corrected chi connectivity index (χ2v) is 14.0. The molecule has 55 heavy (non-hydrogen) atoms. The second-order valence-electron chi connectivity index (χ2n) is 14.0. The molecule has 4 aromatic rings. The smallest absolute Gasteiger partial charge is 0.407 e. The molecule has 0 radical (unpaired) electrons. The van der Waals surface area contributed by atoms with Gasteiger partial charge < -0.3 is 45.0 Å². The number of carbonyl (C=O) groups is 5. The van der Waals surface area contributed by atoms with E-state index in [1.54, 1.807) is 22.2 Å². The van der Waals surface area contributed by atoms with Gasteiger partial charge in [0.15, 0.2) is 0 Å². The van der Waals surface area contributed by atoms with Gasteiger partial charge in [0.1, 0.15) is 23.7 Å². The summed E-state index contributed by atoms with van der Waals surface area (Å²) in [7, 11) is 2.43. The number of likely N-dealkylation sites (tertiary alicyclic amines) is 2. The van der Waals surface area contributed by atoms with Gasteiger partial charge in [-0.2, -0.15) is 0 Å². The summed E-state index contributed by atoms with van der Waals surface area (Å²) >= 11 is 0. The summed E-state index contributed by atoms with van der Waals surface area (Å²) in [5.74, 6) is -0.712. The molecule has 6 rings (SSSR count). The summed E-state index contributed by atoms with van der Waals surface area (Å²) in [5.41, 5.74) is 5.47. The van der Waals surface area contributed by atoms with Gasteiger partial charge in [0.2, 0.25) is 11.8 Å². The Morgan fingerprint density at radius 1 is 0.727 bits per heavy atom. The van der Waals surface area contributed by atoms with Gasteiger partial charge in [0.25, 0.3) is 0 Å². The van der Waals surface area contributed by atoms with E-state index in [1.165, 1.54) is 7.11 Å². The van der Waals surface area contributed by atoms with Crippen LogP contribution in [0.15, 0.2) is 60.9 Å². The van der Waals surface area contributed by atoms with Crippen molar-refractivity contribution in [2.45, 2.75) is 70.1 Å². The monoisotopic (exact) mass is 754 g/mol. The first-order valence-corrected chi connectivity index (χ1v) is 18.3. The zero-order chi connectivity index (χ0) is 39.2. The maximum Gasteiger partial charge on any atom is 0.407 e. The normalized spacial score (nSPS) is 17.8. The number of carboxylic acids is 1. The number of carbonyl (C=O) groups excluding carboxylic acids is 4. The zero-order valence-electron chi connectivity index (χ0n) is 31.2. The Balaban J connectivity index is 1.10. The number of nitrogens with zero attached hydrogens (tertiary/aromatic N) is 4. The molecule has 16 nitrogen and oxygen atoms in total. The van der Waals surface area contributed by atoms with Crippen LogP contribution in [0.4, 0.5) is 9.59 Å². The lowest BCUT2D eigenvalue weighted by Gasteiger charge is -2.30. The van der Waals surface area contributed by atoms with Crippen molar-refractivity contribution in [3.8, 4) is 33.6 Å². The number of amides is 4. The predicted molar refractivity (Wildman–Crippen MR) is 200 cm³/mol. The summed E-state index contributed by atoms with van der Waals surface area (Å²) in [4.78, 5) is 81.3. The molecule has 2 aromatic heterocycles. The Labute approximate surface area is 318 Å². The molecule has 1 unspecified atom stereocenters. The fourth-order valence-corrected chi connectivity index (χ4v) is 7.27. The number of imidazole rings is 2. The van der Waals surface area contributed by atoms with Gasteiger partial charge in [-0.15, -0.1) is 0 Å². The minimum Gasteiger partial charge on any atom is -0.481 e. The number of carboxylic acid groups (broad SMARTS) is 1. The molecule has 0 saturated carbocycles. The van der Waals surface area contributed by atoms with Crippen molar-refractivity contribution < 1.29 is 38.6 Å². The highest BCUT2D eigenvalue weighted by Gasteiger charge is 2.39. The number of ether oxygens (including phenoxy) is 2. The van der Waals surface area contributed by atoms with Crippen LogP contribution in [0.25, 0.3) is 33.6 Å². The first kappa shape index (κ1) is 38.5. The van der Waals surface area contributed by atoms with Gasteiger partial charge in [0, 0.05) is 13.1 Å². The number of benzene rings is 2. The molecule has 2 aliphatic rings. The van der Waals surface area contributed by atoms with E-state index in [9.17, 15) is 29.1 Å². The average molecular weight is 755 g/mol. The van der Waals surface area contributed by atoms with Crippen LogP contribution in [0.3, 0.4) is 0 Å². The van der Waals surface area contributed by atoms with E-state index in [0.29, 0.717) is 37.6 Å². The van der Waals surface area contributed by atoms with E-state index in [0.717, 1.165) is 53.6 Å². The van der Waals surface area contributed by atoms with E-state index < -0.39 is 48.6 Å². The van der Waals surface area contributed by atoms with Crippen LogP contribution in [0.5, 0.6) is 0 Å². The van der Waals surface area contributed by atoms with Gasteiger partial charge in [0.05, 0.1) is 56.5 Å². The number of aromatic amines is 2. The van der Waals surface area contributed by atoms with E-state index >= 15 is 0 Å². The van der Waals surface area contributed by atoms with Crippen molar-refractivity contribution >= 4 is 30.0 Å². The predicted octanol–water partition coefficient (Wildman–Crippen LogP) is 5.04. The quantitative estimate of drug-likeness (QED) is 0.130. The van der Waals surface area contributed by atoms with Crippen molar-refractivity contribution in [2.75, 3.05) is 27.3 Å². The molecule has 0 spiro atoms. The maximum absolute atomic E-state index is 13.5. The topological polar surface area (TPSA) is 212 Å². The first-order valence-electron chi connectivity index (χ1n) is 18.3. The minimum atomic E-state index is -1.26. The molecule has 4 heterocycles. The molecule has 2 aromatic carbocycles. The number of aromatic nitrogens is 4. The standard InChI is InChI=1S/C39H46N8O8/c1-22(2)33(45-39(53)55-4)37(51)47-18-6-8-31(47)35-41-21-29(43-35)26-15-11-24(12-16-26)23-9-13-25(14-10-23)28-20-40-34(42-28)30-7-5-17-46(30)36(50)27(19-32(48)49)44-38(52)54-3/h9-16,20-22,27,30-31,33H,5-8,17-19H2,1-4H3,(H,40,42)(H,41,43)(H,44,52)(H,45,53)(H,48,49)/t27?,30-,31-,33-/m0/s1. The van der Waals surface area contributed by atoms with E-state index in [2.05, 4.69) is 35.3 Å². The van der Waals surface area contributed by atoms with Crippen molar-refractivity contribution in [3.63, 3.8) is 0 Å². The van der Waals surface area contributed by atoms with Crippen molar-refractivity contribution in [1.29, 1.82) is 0 Å². The van der Waals surface area contributed by atoms with Crippen LogP contribution >= 0.6 is 0 Å². The molecule has 5 N–H and O–H groups in total. The molecule has 16 heteroatoms. The zero-order valence-corrected chi connectivity index (χ0v) is 31.2. The van der Waals surface area contributed by atoms with Gasteiger partial charge in [-0.3, -0.25) is 14.4 Å². The maximum atomic E-state index is 13.5. The molecule has 0 bridgehead atoms. The van der Waals surface area contributed by atoms with Gasteiger partial charge in [-0.1, -0.05) is 62.4 Å². The Hall–Kier alpha value is -6.19. The molecular formula is C39H46N8O8. The van der Waals surface area contributed by atoms with Crippen molar-refractivity contribution in [3.05, 3.63) is 72.6 Å². The molecule has 4 atom stereocenters. The third-order valence-corrected chi connectivity index (χ3v) is 10.2. The summed E-state index contributed by atoms with van der Waals surface area (Å²) in [5, 5.41) is 14.3. The largest absolute Gasteiger partial charge is 0.481 e. The van der Waals surface area contributed by atoms with E-state index in [4.69, 9.17) is 4.74 Å². The Morgan fingerprint density at radius 2 is 1.16 bits per heavy atom. The highest BCUT2D eigenvalue weighted by Crippen LogP contribution is 2.35. The number of methoxy groups -OCH3 is 2. The third kappa shape index (κ3) is 8.63. The molecule has 2 fully saturated rings. The lowest BCUT2D eigenvalue weighted by molar-refractivity contribution is -0.143. The van der Waals surface area contributed by atoms with Crippen molar-refractivity contribution in [2.24, 2.45) is 5.92 Å². The van der Waals surface area contributed by atoms with Gasteiger partial charge >= 0.3 is 18.2 Å². The highest BCUT2D eigenvalue weighted by molar-refractivity contribution is 5.90. The summed E-state index contributed by atoms with van der Waals surface area (Å²) < 4.78 is 9.33. The molecule has 290 valence electrons. The molecule has 2 saturated heterocycles. The minimum absolute atomic E-state index is 0.118. The number of rotatable bonds is 12. The number of hydrogen-bond acceptors (Lipinski definition) is 9. The third-order valence-electron chi connectivity index (χ3n) is 10.2. The Kier molecular flexibility index (Phi) is 11.8. The Morgan fingerprint density at radius 3 is 1.60 bits per heavy atom. The number of nitrogens with one attached hydrogen (secondary N) is 4. The number of hydrogen-bond donors (Lipinski definition) is 5. The number of H-pyrrole nitrogens is 2. The fraction of sp³-hybridized carbons (Fsp3) is 0.410. The fourth-order valence-electron chi connectivity index (χ4n) is 7.27. The Bertz CT molecular complexity index is 2010. The molecular weight excluding hydrogens is 708 g/mol. The van der Waals surface area contributed by atoms with Crippen LogP contribution in [-0.2, 0) is 23.9 Å². The molecule has 2 aliphatic heterocycles. The highest BCUT2D eigenvalue weighted by atomic mass is 16.5. The van der Waals surface area contributed by atoms with Crippen LogP contribution in [-0.4, -0.2) is 104 Å². The van der Waals surface area contributed by atoms with Gasteiger partial charge in [-0.25, -0.2) is 19.6 Å². The number of alkyl carbamates (subject to hydrolysis) is 2.